The third kappa shape index (κ3) is 17.1. The fourth-order valence-electron chi connectivity index (χ4n) is 10.5. The number of aromatic hydroxyl groups is 1. The molecule has 4 aliphatic rings. The van der Waals surface area contributed by atoms with E-state index >= 15 is 0 Å². The molecular formula is C57H59FN3O14S2Y5-3. The molecule has 0 saturated carbocycles. The van der Waals surface area contributed by atoms with Crippen molar-refractivity contribution in [1.29, 1.82) is 0 Å². The van der Waals surface area contributed by atoms with Crippen molar-refractivity contribution in [3.63, 3.8) is 0 Å². The standard InChI is InChI=1S/C55H55N3O14S2.CH2F.CH3.5Y/c1-6-57-42-25-21-34(73-72-71-66)30-41(42)55(4,5)46(57)16-9-7-10-17-47-54(2,3)40-14-13-15-45(74(67,68)69)50(40)58(47)27-12-8-11-18-48(61)56-31-39-43(60)26-24-37-49(36-23-20-33(59)29-44(36)70-51(37)39)35-22-19-32(52(62)63)28-38(35)53(64)65;1-2;;;;;;/h7,9-10,13-17,19-26,28-30,46,60,66H,6,8,11-12,18,27,31H2,1-5H3,(H,56,61)(H,62,63)(H,64,65)(H,67,68,69);1H2;1H3;;;;;/q;2*-1;;;;;/p-1/b10-7+,16-9+,47-17+;;;;;;;. The van der Waals surface area contributed by atoms with E-state index in [-0.39, 0.29) is 246 Å². The maximum absolute atomic E-state index is 13.4. The third-order valence-corrected chi connectivity index (χ3v) is 15.5. The van der Waals surface area contributed by atoms with Crippen LogP contribution < -0.4 is 25.8 Å². The number of carbonyl (C=O) groups excluding carboxylic acids is 1. The number of benzene rings is 5. The second kappa shape index (κ2) is 34.2. The van der Waals surface area contributed by atoms with Gasteiger partial charge in [-0.05, 0) is 111 Å². The molecule has 3 aliphatic heterocycles. The van der Waals surface area contributed by atoms with E-state index in [0.29, 0.717) is 53.6 Å². The number of likely N-dealkylation sites (N-methyl/N-ethyl adjacent to an activating group) is 1. The maximum Gasteiger partial charge on any atom is 0.336 e. The molecule has 0 fully saturated rings. The van der Waals surface area contributed by atoms with Gasteiger partial charge in [0, 0.05) is 227 Å². The first-order chi connectivity index (χ1) is 36.2. The summed E-state index contributed by atoms with van der Waals surface area (Å²) in [4.78, 5) is 53.7. The number of para-hydroxylation sites is 1. The molecule has 0 bridgehead atoms. The minimum Gasteiger partial charge on any atom is -0.744 e. The van der Waals surface area contributed by atoms with Crippen molar-refractivity contribution >= 4 is 62.4 Å². The van der Waals surface area contributed by atoms with Crippen molar-refractivity contribution in [3.8, 4) is 28.2 Å². The largest absolute Gasteiger partial charge is 0.744 e. The van der Waals surface area contributed by atoms with Crippen molar-refractivity contribution < 1.29 is 235 Å². The van der Waals surface area contributed by atoms with E-state index in [1.54, 1.807) is 13.2 Å². The number of nitrogens with one attached hydrogen (secondary N) is 2. The number of fused-ring (bicyclic) bond motifs is 4. The van der Waals surface area contributed by atoms with Crippen LogP contribution >= 0.6 is 12.0 Å². The van der Waals surface area contributed by atoms with Gasteiger partial charge >= 0.3 is 11.9 Å². The molecule has 3 heterocycles. The van der Waals surface area contributed by atoms with E-state index in [1.165, 1.54) is 53.4 Å². The van der Waals surface area contributed by atoms with Crippen LogP contribution in [0.5, 0.6) is 5.75 Å². The Bertz CT molecular complexity index is 3470. The van der Waals surface area contributed by atoms with Crippen LogP contribution in [0.2, 0.25) is 0 Å². The quantitative estimate of drug-likeness (QED) is 0.00741. The van der Waals surface area contributed by atoms with Crippen molar-refractivity contribution in [2.24, 2.45) is 0 Å². The molecular weight excluding hydrogens is 1480 g/mol. The summed E-state index contributed by atoms with van der Waals surface area (Å²) in [6.45, 7) is 11.4. The van der Waals surface area contributed by atoms with Crippen molar-refractivity contribution in [1.82, 2.24) is 5.32 Å². The number of phenolic OH excluding ortho intramolecular Hbond substituents is 1. The number of halogens is 1. The zero-order valence-electron chi connectivity index (χ0n) is 46.1. The molecule has 2 atom stereocenters. The third-order valence-electron chi connectivity index (χ3n) is 14.1. The Kier molecular flexibility index (Phi) is 32.7. The summed E-state index contributed by atoms with van der Waals surface area (Å²) in [7, 11) is -3.12. The number of hydrogen-bond acceptors (Lipinski definition) is 14. The number of allylic oxidation sites excluding steroid dienone is 5. The SMILES string of the molecule is CC[NH+]1c2ccc(SOO[O-])cc2C(C)(C)C1/C=C/C=C/C=C1/N(CCCCCC(=O)NCc2c(O)ccc3c(-c4ccc(C(=O)O)cc4C(=O)O)c4ccc(=O)cc-4oc23)c2c(cccc2S(=O)(=O)[O-])C1(C)C.[CH2-]F.[CH3-].[Y].[Y].[Y].[Y].[Y]. The number of carbonyl (C=O) groups is 3. The molecule has 5 radical (unpaired) electrons. The van der Waals surface area contributed by atoms with Crippen LogP contribution in [0, 0.1) is 14.6 Å². The number of quaternary nitrogens is 1. The van der Waals surface area contributed by atoms with Gasteiger partial charge in [-0.2, -0.15) is 11.5 Å². The Morgan fingerprint density at radius 2 is 1.57 bits per heavy atom. The van der Waals surface area contributed by atoms with Crippen LogP contribution in [-0.4, -0.2) is 65.3 Å². The Balaban J connectivity index is 0.00000416. The average molecular weight is 1540 g/mol. The molecule has 0 saturated heterocycles. The predicted molar refractivity (Wildman–Crippen MR) is 287 cm³/mol. The number of carboxylic acid groups (broad SMARTS) is 2. The number of phenols is 1. The summed E-state index contributed by atoms with van der Waals surface area (Å²) in [6.07, 6.45) is 11.5. The van der Waals surface area contributed by atoms with E-state index in [0.717, 1.165) is 46.5 Å². The first-order valence-corrected chi connectivity index (χ1v) is 26.3. The van der Waals surface area contributed by atoms with Gasteiger partial charge in [-0.15, -0.1) is 0 Å². The Morgan fingerprint density at radius 3 is 2.22 bits per heavy atom. The van der Waals surface area contributed by atoms with E-state index in [1.807, 2.05) is 67.3 Å². The summed E-state index contributed by atoms with van der Waals surface area (Å²) < 4.78 is 58.1. The van der Waals surface area contributed by atoms with Crippen LogP contribution in [0.4, 0.5) is 15.8 Å². The molecule has 25 heteroatoms. The minimum atomic E-state index is -4.87. The number of rotatable bonds is 19. The van der Waals surface area contributed by atoms with Crippen molar-refractivity contribution in [2.45, 2.75) is 93.5 Å². The van der Waals surface area contributed by atoms with Gasteiger partial charge in [-0.1, -0.05) is 56.7 Å². The average Bonchev–Trinajstić information content (AvgIpc) is 3.74. The molecule has 423 valence electrons. The number of amides is 1. The van der Waals surface area contributed by atoms with Gasteiger partial charge < -0.3 is 51.6 Å². The van der Waals surface area contributed by atoms with Gasteiger partial charge in [-0.25, -0.2) is 18.0 Å². The van der Waals surface area contributed by atoms with Gasteiger partial charge in [0.2, 0.25) is 5.91 Å². The van der Waals surface area contributed by atoms with Gasteiger partial charge in [0.15, 0.2) is 5.43 Å². The summed E-state index contributed by atoms with van der Waals surface area (Å²) >= 11 is 0.855. The first kappa shape index (κ1) is 78.4. The van der Waals surface area contributed by atoms with E-state index < -0.39 is 32.9 Å². The summed E-state index contributed by atoms with van der Waals surface area (Å²) in [5.74, 6) is -3.23. The van der Waals surface area contributed by atoms with Gasteiger partial charge in [0.05, 0.1) is 57.8 Å². The Hall–Kier alpha value is -1.65. The number of hydrogen-bond donors (Lipinski definition) is 5. The molecule has 4 aromatic carbocycles. The zero-order chi connectivity index (χ0) is 55.3. The van der Waals surface area contributed by atoms with Crippen LogP contribution in [-0.2, 0) is 205 Å². The molecule has 0 aromatic heterocycles. The predicted octanol–water partition coefficient (Wildman–Crippen LogP) is 8.85. The summed E-state index contributed by atoms with van der Waals surface area (Å²) in [6, 6.07) is 21.3. The maximum atomic E-state index is 13.4. The van der Waals surface area contributed by atoms with Crippen LogP contribution in [0.1, 0.15) is 97.7 Å². The van der Waals surface area contributed by atoms with Crippen LogP contribution in [0.3, 0.4) is 0 Å². The normalized spacial score (nSPS) is 15.8. The van der Waals surface area contributed by atoms with Gasteiger partial charge in [-0.3, -0.25) is 19.5 Å². The Labute approximate surface area is 607 Å². The molecule has 1 aliphatic carbocycles. The molecule has 1 amide bonds. The molecule has 4 aromatic rings. The zero-order valence-corrected chi connectivity index (χ0v) is 61.9. The van der Waals surface area contributed by atoms with E-state index in [2.05, 4.69) is 41.5 Å². The van der Waals surface area contributed by atoms with Crippen LogP contribution in [0.15, 0.2) is 140 Å². The monoisotopic (exact) mass is 1540 g/mol. The van der Waals surface area contributed by atoms with Crippen molar-refractivity contribution in [3.05, 3.63) is 174 Å². The summed E-state index contributed by atoms with van der Waals surface area (Å²) in [5, 5.41) is 48.0. The number of unbranched alkanes of at least 4 members (excludes halogenated alkanes) is 2. The number of nitrogens with zero attached hydrogens (tertiary/aromatic N) is 1. The van der Waals surface area contributed by atoms with E-state index in [4.69, 9.17) is 4.42 Å². The second-order valence-electron chi connectivity index (χ2n) is 19.2. The topological polar surface area (TPSA) is 261 Å². The fourth-order valence-corrected chi connectivity index (χ4v) is 11.6. The fraction of sp³-hybridized carbons (Fsp3) is 0.263. The summed E-state index contributed by atoms with van der Waals surface area (Å²) in [5.41, 5.74) is 3.22. The molecule has 2 unspecified atom stereocenters. The number of anilines is 1. The first-order valence-electron chi connectivity index (χ1n) is 24.1. The van der Waals surface area contributed by atoms with Crippen LogP contribution in [0.25, 0.3) is 33.4 Å². The smallest absolute Gasteiger partial charge is 0.336 e. The van der Waals surface area contributed by atoms with Gasteiger partial charge in [0.25, 0.3) is 0 Å². The number of carboxylic acids is 2. The van der Waals surface area contributed by atoms with Gasteiger partial charge in [0.1, 0.15) is 38.9 Å². The molecule has 8 rings (SSSR count). The minimum absolute atomic E-state index is 0. The number of aromatic carboxylic acids is 2. The Morgan fingerprint density at radius 1 is 0.878 bits per heavy atom. The van der Waals surface area contributed by atoms with Crippen molar-refractivity contribution in [2.75, 3.05) is 18.0 Å². The molecule has 5 N–H and O–H groups in total. The second-order valence-corrected chi connectivity index (χ2v) is 21.4. The molecule has 0 spiro atoms. The molecule has 82 heavy (non-hydrogen) atoms. The van der Waals surface area contributed by atoms with E-state index in [9.17, 15) is 57.1 Å². The molecule has 17 nitrogen and oxygen atoms in total.